The molecule has 345 valence electrons. The Balaban J connectivity index is 0.000000179. The summed E-state index contributed by atoms with van der Waals surface area (Å²) in [5.74, 6) is 1.80. The summed E-state index contributed by atoms with van der Waals surface area (Å²) in [4.78, 5) is 4.73. The van der Waals surface area contributed by atoms with Gasteiger partial charge in [0.25, 0.3) is 0 Å². The predicted octanol–water partition coefficient (Wildman–Crippen LogP) is 13.3. The van der Waals surface area contributed by atoms with Crippen molar-refractivity contribution < 1.29 is 46.7 Å². The van der Waals surface area contributed by atoms with Crippen LogP contribution in [0.15, 0.2) is 138 Å². The number of aromatic hydroxyl groups is 4. The van der Waals surface area contributed by atoms with Crippen LogP contribution in [0, 0.1) is 0 Å². The van der Waals surface area contributed by atoms with Gasteiger partial charge in [0.1, 0.15) is 57.2 Å². The van der Waals surface area contributed by atoms with E-state index in [2.05, 4.69) is 50.7 Å². The van der Waals surface area contributed by atoms with E-state index in [1.165, 1.54) is 34.6 Å². The van der Waals surface area contributed by atoms with E-state index in [-0.39, 0.29) is 51.2 Å². The van der Waals surface area contributed by atoms with Crippen molar-refractivity contribution in [1.29, 1.82) is 0 Å². The summed E-state index contributed by atoms with van der Waals surface area (Å²) in [6.07, 6.45) is 7.82. The summed E-state index contributed by atoms with van der Waals surface area (Å²) in [5.41, 5.74) is 10.4. The Kier molecular flexibility index (Phi) is 14.4. The predicted molar refractivity (Wildman–Crippen MR) is 253 cm³/mol. The van der Waals surface area contributed by atoms with E-state index in [1.54, 1.807) is 62.8 Å². The molecule has 0 bridgehead atoms. The second kappa shape index (κ2) is 20.9. The van der Waals surface area contributed by atoms with Crippen LogP contribution < -0.4 is 19.3 Å². The molecule has 6 aromatic carbocycles. The van der Waals surface area contributed by atoms with Gasteiger partial charge >= 0.3 is 0 Å². The number of methoxy groups -OCH3 is 2. The van der Waals surface area contributed by atoms with Crippen LogP contribution in [0.5, 0.6) is 34.5 Å². The molecule has 16 nitrogen and oxygen atoms in total. The fourth-order valence-electron chi connectivity index (χ4n) is 8.86. The molecule has 0 spiro atoms. The summed E-state index contributed by atoms with van der Waals surface area (Å²) in [7, 11) is 3.22. The number of nitrogens with zero attached hydrogens (tertiary/aromatic N) is 10. The normalized spacial score (nSPS) is 15.0. The van der Waals surface area contributed by atoms with Gasteiger partial charge < -0.3 is 39.7 Å². The second-order valence-corrected chi connectivity index (χ2v) is 16.4. The molecule has 0 amide bonds. The second-order valence-electron chi connectivity index (χ2n) is 16.4. The third-order valence-corrected chi connectivity index (χ3v) is 12.1. The van der Waals surface area contributed by atoms with Gasteiger partial charge in [-0.15, -0.1) is 20.5 Å². The molecule has 4 aliphatic heterocycles. The fourth-order valence-corrected chi connectivity index (χ4v) is 8.86. The third kappa shape index (κ3) is 10.4. The zero-order chi connectivity index (χ0) is 45.6. The van der Waals surface area contributed by atoms with E-state index in [0.717, 1.165) is 100 Å². The molecule has 6 aromatic rings. The maximum Gasteiger partial charge on any atom is 0.148 e. The van der Waals surface area contributed by atoms with Gasteiger partial charge in [0.2, 0.25) is 0 Å². The molecular formula is C50H50CoN10O6. The quantitative estimate of drug-likeness (QED) is 0.0970. The van der Waals surface area contributed by atoms with Crippen LogP contribution in [0.2, 0.25) is 0 Å². The third-order valence-electron chi connectivity index (χ3n) is 12.1. The number of phenols is 4. The average Bonchev–Trinajstić information content (AvgIpc) is 3.35. The standard InChI is InChI=1S/2C25H25N5O3.Co/c2*1-33-19-9-6-17(7-10-19)26-27-18-8-11-23(31)21(15-18)28-29-22-14-16-4-2-12-30-13-3-5-20(24(16)30)25(22)32;/h2*6-11,14-15,31-32H,2-5,12-13H2,1H3;. The Morgan fingerprint density at radius 3 is 1.13 bits per heavy atom. The Morgan fingerprint density at radius 2 is 0.746 bits per heavy atom. The van der Waals surface area contributed by atoms with Gasteiger partial charge in [-0.3, -0.25) is 0 Å². The molecule has 1 radical (unpaired) electrons. The van der Waals surface area contributed by atoms with Crippen LogP contribution in [0.3, 0.4) is 0 Å². The van der Waals surface area contributed by atoms with Crippen molar-refractivity contribution in [3.05, 3.63) is 119 Å². The van der Waals surface area contributed by atoms with E-state index in [9.17, 15) is 20.4 Å². The molecule has 17 heteroatoms. The van der Waals surface area contributed by atoms with Crippen molar-refractivity contribution in [2.45, 2.75) is 51.4 Å². The molecule has 0 saturated heterocycles. The first-order valence-electron chi connectivity index (χ1n) is 22.1. The molecule has 0 aliphatic carbocycles. The van der Waals surface area contributed by atoms with Gasteiger partial charge in [-0.25, -0.2) is 0 Å². The largest absolute Gasteiger partial charge is 0.506 e. The number of rotatable bonds is 10. The fraction of sp³-hybridized carbons (Fsp3) is 0.280. The molecule has 0 unspecified atom stereocenters. The topological polar surface area (TPSA) is 205 Å². The molecule has 0 atom stereocenters. The van der Waals surface area contributed by atoms with E-state index in [0.29, 0.717) is 34.1 Å². The van der Waals surface area contributed by atoms with Gasteiger partial charge in [-0.1, -0.05) is 0 Å². The first-order valence-corrected chi connectivity index (χ1v) is 22.1. The number of azo groups is 4. The molecule has 0 fully saturated rings. The maximum atomic E-state index is 10.9. The van der Waals surface area contributed by atoms with Gasteiger partial charge in [0.15, 0.2) is 0 Å². The van der Waals surface area contributed by atoms with Gasteiger partial charge in [0.05, 0.1) is 37.0 Å². The van der Waals surface area contributed by atoms with Crippen molar-refractivity contribution in [3.8, 4) is 34.5 Å². The molecule has 4 heterocycles. The average molecular weight is 946 g/mol. The first kappa shape index (κ1) is 46.2. The molecule has 4 aliphatic rings. The van der Waals surface area contributed by atoms with Crippen LogP contribution >= 0.6 is 0 Å². The van der Waals surface area contributed by atoms with Gasteiger partial charge in [-0.2, -0.15) is 20.5 Å². The van der Waals surface area contributed by atoms with Crippen LogP contribution in [0.4, 0.5) is 56.9 Å². The monoisotopic (exact) mass is 945 g/mol. The van der Waals surface area contributed by atoms with Crippen molar-refractivity contribution >= 4 is 56.9 Å². The Morgan fingerprint density at radius 1 is 0.403 bits per heavy atom. The molecular weight excluding hydrogens is 896 g/mol. The van der Waals surface area contributed by atoms with Crippen molar-refractivity contribution in [1.82, 2.24) is 0 Å². The Bertz CT molecular complexity index is 2670. The number of hydrogen-bond acceptors (Lipinski definition) is 16. The molecule has 4 N–H and O–H groups in total. The van der Waals surface area contributed by atoms with Crippen molar-refractivity contribution in [2.24, 2.45) is 40.9 Å². The number of ether oxygens (including phenoxy) is 2. The van der Waals surface area contributed by atoms with Crippen LogP contribution in [-0.4, -0.2) is 60.8 Å². The summed E-state index contributed by atoms with van der Waals surface area (Å²) in [5, 5.41) is 76.1. The minimum atomic E-state index is -0.0212. The summed E-state index contributed by atoms with van der Waals surface area (Å²) >= 11 is 0. The number of phenolic OH excluding ortho intramolecular Hbond substituents is 4. The van der Waals surface area contributed by atoms with E-state index < -0.39 is 0 Å². The summed E-state index contributed by atoms with van der Waals surface area (Å²) < 4.78 is 10.3. The van der Waals surface area contributed by atoms with Crippen LogP contribution in [-0.2, 0) is 42.5 Å². The molecule has 10 rings (SSSR count). The van der Waals surface area contributed by atoms with E-state index >= 15 is 0 Å². The Labute approximate surface area is 398 Å². The summed E-state index contributed by atoms with van der Waals surface area (Å²) in [6.45, 7) is 4.14. The van der Waals surface area contributed by atoms with E-state index in [4.69, 9.17) is 9.47 Å². The summed E-state index contributed by atoms with van der Waals surface area (Å²) in [6, 6.07) is 27.8. The zero-order valence-corrected chi connectivity index (χ0v) is 38.2. The maximum absolute atomic E-state index is 10.9. The SMILES string of the molecule is COc1ccc(N=Nc2ccc(O)c(N=Nc3cc4c5c(c3O)CCCN5CCC4)c2)cc1.COc1ccc(N=Nc2ccc(O)c(N=Nc3cc4c5c(c3O)CCCN5CCC4)c2)cc1.[Co]. The number of benzene rings is 6. The smallest absolute Gasteiger partial charge is 0.148 e. The molecule has 0 saturated carbocycles. The minimum absolute atomic E-state index is 0. The van der Waals surface area contributed by atoms with Gasteiger partial charge in [-0.05, 0) is 160 Å². The van der Waals surface area contributed by atoms with Crippen molar-refractivity contribution in [2.75, 3.05) is 50.2 Å². The van der Waals surface area contributed by atoms with E-state index in [1.807, 2.05) is 36.4 Å². The minimum Gasteiger partial charge on any atom is -0.506 e. The Hall–Kier alpha value is -7.37. The molecule has 67 heavy (non-hydrogen) atoms. The van der Waals surface area contributed by atoms with Gasteiger partial charge in [0, 0.05) is 65.5 Å². The van der Waals surface area contributed by atoms with Crippen LogP contribution in [0.1, 0.15) is 47.9 Å². The zero-order valence-electron chi connectivity index (χ0n) is 37.1. The first-order chi connectivity index (χ1) is 32.2. The molecule has 0 aromatic heterocycles. The number of anilines is 2. The number of aryl methyl sites for hydroxylation is 2. The number of hydrogen-bond donors (Lipinski definition) is 4. The van der Waals surface area contributed by atoms with Crippen LogP contribution in [0.25, 0.3) is 0 Å². The van der Waals surface area contributed by atoms with Crippen molar-refractivity contribution in [3.63, 3.8) is 0 Å².